The van der Waals surface area contributed by atoms with Gasteiger partial charge >= 0.3 is 0 Å². The van der Waals surface area contributed by atoms with Gasteiger partial charge in [0.05, 0.1) is 17.0 Å². The van der Waals surface area contributed by atoms with Crippen LogP contribution in [0.25, 0.3) is 0 Å². The van der Waals surface area contributed by atoms with E-state index in [9.17, 15) is 14.5 Å². The summed E-state index contributed by atoms with van der Waals surface area (Å²) in [6, 6.07) is 7.64. The molecule has 0 spiro atoms. The molecular weight excluding hydrogens is 273 g/mol. The zero-order valence-corrected chi connectivity index (χ0v) is 11.3. The Labute approximate surface area is 121 Å². The summed E-state index contributed by atoms with van der Waals surface area (Å²) in [7, 11) is 0. The SMILES string of the molecule is O=[N+]([O-])c1cc(F)ccc1N1CCC[C@@H]1c1ccncc1. The molecule has 0 N–H and O–H groups in total. The molecule has 1 aliphatic heterocycles. The van der Waals surface area contributed by atoms with E-state index < -0.39 is 10.7 Å². The Morgan fingerprint density at radius 2 is 2.05 bits per heavy atom. The fourth-order valence-corrected chi connectivity index (χ4v) is 2.87. The first-order valence-corrected chi connectivity index (χ1v) is 6.77. The molecule has 0 bridgehead atoms. The maximum atomic E-state index is 13.3. The van der Waals surface area contributed by atoms with Crippen LogP contribution in [0, 0.1) is 15.9 Å². The molecule has 0 saturated carbocycles. The van der Waals surface area contributed by atoms with Gasteiger partial charge in [0.1, 0.15) is 11.5 Å². The van der Waals surface area contributed by atoms with Crippen LogP contribution in [0.5, 0.6) is 0 Å². The van der Waals surface area contributed by atoms with Gasteiger partial charge in [-0.15, -0.1) is 0 Å². The maximum Gasteiger partial charge on any atom is 0.295 e. The van der Waals surface area contributed by atoms with Crippen LogP contribution in [-0.4, -0.2) is 16.5 Å². The molecule has 5 nitrogen and oxygen atoms in total. The minimum absolute atomic E-state index is 0.0668. The Morgan fingerprint density at radius 3 is 2.76 bits per heavy atom. The number of nitro groups is 1. The van der Waals surface area contributed by atoms with Gasteiger partial charge < -0.3 is 4.90 Å². The minimum atomic E-state index is -0.592. The first-order chi connectivity index (χ1) is 10.2. The lowest BCUT2D eigenvalue weighted by molar-refractivity contribution is -0.384. The van der Waals surface area contributed by atoms with Crippen molar-refractivity contribution in [2.75, 3.05) is 11.4 Å². The molecule has 1 aliphatic rings. The highest BCUT2D eigenvalue weighted by Gasteiger charge is 2.30. The standard InChI is InChI=1S/C15H14FN3O2/c16-12-3-4-14(15(10-12)19(20)21)18-9-1-2-13(18)11-5-7-17-8-6-11/h3-8,10,13H,1-2,9H2/t13-/m1/s1. The predicted octanol–water partition coefficient (Wildman–Crippen LogP) is 3.47. The smallest absolute Gasteiger partial charge is 0.295 e. The summed E-state index contributed by atoms with van der Waals surface area (Å²) >= 11 is 0. The Bertz CT molecular complexity index is 663. The van der Waals surface area contributed by atoms with E-state index in [2.05, 4.69) is 4.98 Å². The minimum Gasteiger partial charge on any atom is -0.359 e. The van der Waals surface area contributed by atoms with Crippen molar-refractivity contribution >= 4 is 11.4 Å². The van der Waals surface area contributed by atoms with Crippen LogP contribution < -0.4 is 4.90 Å². The second kappa shape index (κ2) is 5.47. The first-order valence-electron chi connectivity index (χ1n) is 6.77. The predicted molar refractivity (Wildman–Crippen MR) is 76.6 cm³/mol. The van der Waals surface area contributed by atoms with Gasteiger partial charge in [0.15, 0.2) is 0 Å². The quantitative estimate of drug-likeness (QED) is 0.640. The summed E-state index contributed by atoms with van der Waals surface area (Å²) in [6.45, 7) is 0.722. The third kappa shape index (κ3) is 2.56. The fraction of sp³-hybridized carbons (Fsp3) is 0.267. The molecule has 1 fully saturated rings. The number of pyridine rings is 1. The second-order valence-corrected chi connectivity index (χ2v) is 5.02. The molecule has 0 amide bonds. The van der Waals surface area contributed by atoms with E-state index in [1.54, 1.807) is 12.4 Å². The number of nitrogens with zero attached hydrogens (tertiary/aromatic N) is 3. The van der Waals surface area contributed by atoms with Crippen LogP contribution in [0.2, 0.25) is 0 Å². The van der Waals surface area contributed by atoms with Crippen LogP contribution in [0.4, 0.5) is 15.8 Å². The van der Waals surface area contributed by atoms with E-state index in [0.29, 0.717) is 5.69 Å². The van der Waals surface area contributed by atoms with E-state index >= 15 is 0 Å². The van der Waals surface area contributed by atoms with E-state index in [-0.39, 0.29) is 11.7 Å². The molecule has 2 aromatic rings. The number of hydrogen-bond acceptors (Lipinski definition) is 4. The topological polar surface area (TPSA) is 59.3 Å². The van der Waals surface area contributed by atoms with Gasteiger partial charge in [-0.2, -0.15) is 0 Å². The summed E-state index contributed by atoms with van der Waals surface area (Å²) in [5.41, 5.74) is 1.36. The molecule has 0 radical (unpaired) electrons. The van der Waals surface area contributed by atoms with E-state index in [1.807, 2.05) is 17.0 Å². The van der Waals surface area contributed by atoms with Crippen molar-refractivity contribution in [3.05, 3.63) is 64.2 Å². The third-order valence-corrected chi connectivity index (χ3v) is 3.79. The Hall–Kier alpha value is -2.50. The lowest BCUT2D eigenvalue weighted by atomic mass is 10.1. The largest absolute Gasteiger partial charge is 0.359 e. The average Bonchev–Trinajstić information content (AvgIpc) is 2.97. The number of aromatic nitrogens is 1. The molecule has 108 valence electrons. The van der Waals surface area contributed by atoms with Crippen molar-refractivity contribution in [3.8, 4) is 0 Å². The number of hydrogen-bond donors (Lipinski definition) is 0. The van der Waals surface area contributed by atoms with Crippen molar-refractivity contribution in [1.29, 1.82) is 0 Å². The van der Waals surface area contributed by atoms with Crippen molar-refractivity contribution in [2.45, 2.75) is 18.9 Å². The number of anilines is 1. The zero-order valence-electron chi connectivity index (χ0n) is 11.3. The lowest BCUT2D eigenvalue weighted by Gasteiger charge is -2.26. The molecule has 0 aliphatic carbocycles. The van der Waals surface area contributed by atoms with Crippen LogP contribution in [0.15, 0.2) is 42.7 Å². The monoisotopic (exact) mass is 287 g/mol. The normalized spacial score (nSPS) is 18.0. The van der Waals surface area contributed by atoms with Crippen molar-refractivity contribution in [1.82, 2.24) is 4.98 Å². The third-order valence-electron chi connectivity index (χ3n) is 3.79. The summed E-state index contributed by atoms with van der Waals surface area (Å²) in [6.07, 6.45) is 5.29. The summed E-state index contributed by atoms with van der Waals surface area (Å²) in [4.78, 5) is 16.6. The molecule has 1 saturated heterocycles. The lowest BCUT2D eigenvalue weighted by Crippen LogP contribution is -2.23. The van der Waals surface area contributed by atoms with Crippen LogP contribution in [0.1, 0.15) is 24.4 Å². The van der Waals surface area contributed by atoms with E-state index in [1.165, 1.54) is 12.1 Å². The second-order valence-electron chi connectivity index (χ2n) is 5.02. The van der Waals surface area contributed by atoms with Crippen LogP contribution in [-0.2, 0) is 0 Å². The van der Waals surface area contributed by atoms with Crippen LogP contribution in [0.3, 0.4) is 0 Å². The summed E-state index contributed by atoms with van der Waals surface area (Å²) < 4.78 is 13.3. The highest BCUT2D eigenvalue weighted by atomic mass is 19.1. The highest BCUT2D eigenvalue weighted by molar-refractivity contribution is 5.65. The zero-order chi connectivity index (χ0) is 14.8. The van der Waals surface area contributed by atoms with Gasteiger partial charge in [-0.05, 0) is 42.7 Å². The fourth-order valence-electron chi connectivity index (χ4n) is 2.87. The number of rotatable bonds is 3. The van der Waals surface area contributed by atoms with Crippen molar-refractivity contribution in [3.63, 3.8) is 0 Å². The van der Waals surface area contributed by atoms with Crippen LogP contribution >= 0.6 is 0 Å². The van der Waals surface area contributed by atoms with Crippen molar-refractivity contribution in [2.24, 2.45) is 0 Å². The van der Waals surface area contributed by atoms with E-state index in [4.69, 9.17) is 0 Å². The summed E-state index contributed by atoms with van der Waals surface area (Å²) in [5.74, 6) is -0.592. The summed E-state index contributed by atoms with van der Waals surface area (Å²) in [5, 5.41) is 11.2. The van der Waals surface area contributed by atoms with Gasteiger partial charge in [-0.3, -0.25) is 15.1 Å². The Morgan fingerprint density at radius 1 is 1.29 bits per heavy atom. The van der Waals surface area contributed by atoms with E-state index in [0.717, 1.165) is 31.0 Å². The average molecular weight is 287 g/mol. The Balaban J connectivity index is 2.01. The first kappa shape index (κ1) is 13.5. The Kier molecular flexibility index (Phi) is 3.51. The van der Waals surface area contributed by atoms with Gasteiger partial charge in [-0.1, -0.05) is 0 Å². The molecule has 1 aromatic heterocycles. The van der Waals surface area contributed by atoms with Gasteiger partial charge in [0.25, 0.3) is 5.69 Å². The number of halogens is 1. The van der Waals surface area contributed by atoms with Gasteiger partial charge in [0.2, 0.25) is 0 Å². The molecular formula is C15H14FN3O2. The molecule has 2 heterocycles. The number of benzene rings is 1. The molecule has 3 rings (SSSR count). The molecule has 21 heavy (non-hydrogen) atoms. The van der Waals surface area contributed by atoms with Gasteiger partial charge in [-0.25, -0.2) is 4.39 Å². The highest BCUT2D eigenvalue weighted by Crippen LogP contribution is 2.40. The maximum absolute atomic E-state index is 13.3. The molecule has 1 aromatic carbocycles. The molecule has 0 unspecified atom stereocenters. The van der Waals surface area contributed by atoms with Crippen molar-refractivity contribution < 1.29 is 9.31 Å². The molecule has 6 heteroatoms. The van der Waals surface area contributed by atoms with Gasteiger partial charge in [0, 0.05) is 18.9 Å². The molecule has 1 atom stereocenters. The number of nitro benzene ring substituents is 1.